The number of nitrogen functional groups attached to an aromatic ring is 1. The maximum atomic E-state index is 13.5. The third-order valence-corrected chi connectivity index (χ3v) is 9.76. The molecule has 0 saturated heterocycles. The fourth-order valence-corrected chi connectivity index (χ4v) is 7.10. The van der Waals surface area contributed by atoms with Crippen molar-refractivity contribution in [3.8, 4) is 5.75 Å². The molecular formula is C29H34N4O5S2. The summed E-state index contributed by atoms with van der Waals surface area (Å²) in [5.41, 5.74) is 7.84. The van der Waals surface area contributed by atoms with Gasteiger partial charge in [0.05, 0.1) is 34.4 Å². The molecule has 0 aliphatic heterocycles. The number of nitrogens with one attached hydrogen (secondary N) is 2. The third-order valence-electron chi connectivity index (χ3n) is 6.60. The zero-order valence-electron chi connectivity index (χ0n) is 22.6. The minimum Gasteiger partial charge on any atom is -0.497 e. The van der Waals surface area contributed by atoms with Crippen LogP contribution in [0.5, 0.6) is 5.75 Å². The number of benzene rings is 3. The number of carbonyl (C=O) groups is 1. The summed E-state index contributed by atoms with van der Waals surface area (Å²) in [6.45, 7) is 3.55. The van der Waals surface area contributed by atoms with Crippen molar-refractivity contribution < 1.29 is 23.1 Å². The quantitative estimate of drug-likeness (QED) is 0.198. The summed E-state index contributed by atoms with van der Waals surface area (Å²) in [4.78, 5) is 17.6. The van der Waals surface area contributed by atoms with Crippen LogP contribution in [0.4, 0.5) is 5.13 Å². The topological polar surface area (TPSA) is 144 Å². The van der Waals surface area contributed by atoms with Gasteiger partial charge in [0.2, 0.25) is 0 Å². The number of methoxy groups -OCH3 is 1. The molecule has 0 radical (unpaired) electrons. The first kappa shape index (κ1) is 29.5. The molecule has 4 aromatic rings. The first-order valence-electron chi connectivity index (χ1n) is 12.9. The molecule has 11 heteroatoms. The molecule has 3 aromatic carbocycles. The van der Waals surface area contributed by atoms with Crippen molar-refractivity contribution in [2.75, 3.05) is 19.4 Å². The lowest BCUT2D eigenvalue weighted by molar-refractivity contribution is 0.0826. The molecule has 9 nitrogen and oxygen atoms in total. The number of ether oxygens (including phenoxy) is 1. The third kappa shape index (κ3) is 6.97. The molecule has 40 heavy (non-hydrogen) atoms. The van der Waals surface area contributed by atoms with E-state index < -0.39 is 27.4 Å². The second kappa shape index (κ2) is 12.8. The lowest BCUT2D eigenvalue weighted by atomic mass is 10.00. The maximum absolute atomic E-state index is 13.5. The number of nitrogens with zero attached hydrogens (tertiary/aromatic N) is 1. The number of sulfone groups is 1. The smallest absolute Gasteiger partial charge is 0.251 e. The Hall–Kier alpha value is -3.51. The summed E-state index contributed by atoms with van der Waals surface area (Å²) in [5.74, 6) is -0.0963. The van der Waals surface area contributed by atoms with Crippen molar-refractivity contribution in [2.45, 2.75) is 42.7 Å². The number of aromatic nitrogens is 1. The van der Waals surface area contributed by atoms with E-state index in [4.69, 9.17) is 10.5 Å². The first-order chi connectivity index (χ1) is 19.1. The molecule has 212 valence electrons. The average molecular weight is 583 g/mol. The van der Waals surface area contributed by atoms with E-state index in [2.05, 4.69) is 15.6 Å². The van der Waals surface area contributed by atoms with Crippen molar-refractivity contribution in [3.05, 3.63) is 83.9 Å². The van der Waals surface area contributed by atoms with Gasteiger partial charge in [0, 0.05) is 12.1 Å². The Morgan fingerprint density at radius 1 is 1.07 bits per heavy atom. The van der Waals surface area contributed by atoms with Gasteiger partial charge in [-0.1, -0.05) is 55.5 Å². The van der Waals surface area contributed by atoms with E-state index in [1.165, 1.54) is 30.6 Å². The summed E-state index contributed by atoms with van der Waals surface area (Å²) >= 11 is 1.29. The van der Waals surface area contributed by atoms with Gasteiger partial charge in [-0.2, -0.15) is 0 Å². The van der Waals surface area contributed by atoms with Crippen LogP contribution in [0.1, 0.15) is 29.8 Å². The number of thiazole rings is 1. The number of hydrogen-bond donors (Lipinski definition) is 4. The van der Waals surface area contributed by atoms with Crippen molar-refractivity contribution in [3.63, 3.8) is 0 Å². The van der Waals surface area contributed by atoms with E-state index >= 15 is 0 Å². The summed E-state index contributed by atoms with van der Waals surface area (Å²) < 4.78 is 32.8. The second-order valence-corrected chi connectivity index (χ2v) is 13.0. The number of nitrogens with two attached hydrogens (primary N) is 1. The Bertz CT molecular complexity index is 1540. The second-order valence-electron chi connectivity index (χ2n) is 9.87. The van der Waals surface area contributed by atoms with Crippen LogP contribution in [0.15, 0.2) is 77.7 Å². The van der Waals surface area contributed by atoms with Gasteiger partial charge >= 0.3 is 0 Å². The molecule has 0 bridgehead atoms. The molecule has 5 N–H and O–H groups in total. The molecule has 4 rings (SSSR count). The molecular weight excluding hydrogens is 548 g/mol. The van der Waals surface area contributed by atoms with Crippen LogP contribution in [0, 0.1) is 5.92 Å². The van der Waals surface area contributed by atoms with Crippen LogP contribution in [0.25, 0.3) is 10.2 Å². The average Bonchev–Trinajstić information content (AvgIpc) is 3.32. The first-order valence-corrected chi connectivity index (χ1v) is 15.2. The lowest BCUT2D eigenvalue weighted by Crippen LogP contribution is -2.52. The molecule has 3 atom stereocenters. The number of amides is 1. The highest BCUT2D eigenvalue weighted by Gasteiger charge is 2.32. The van der Waals surface area contributed by atoms with Crippen LogP contribution in [0.3, 0.4) is 0 Å². The Morgan fingerprint density at radius 2 is 1.77 bits per heavy atom. The van der Waals surface area contributed by atoms with Crippen LogP contribution in [-0.4, -0.2) is 55.6 Å². The Kier molecular flexibility index (Phi) is 9.41. The summed E-state index contributed by atoms with van der Waals surface area (Å²) in [5, 5.41) is 16.7. The van der Waals surface area contributed by atoms with E-state index in [-0.39, 0.29) is 23.3 Å². The predicted molar refractivity (Wildman–Crippen MR) is 158 cm³/mol. The maximum Gasteiger partial charge on any atom is 0.251 e. The van der Waals surface area contributed by atoms with E-state index in [0.29, 0.717) is 28.4 Å². The number of anilines is 1. The lowest BCUT2D eigenvalue weighted by Gasteiger charge is -2.28. The fourth-order valence-electron chi connectivity index (χ4n) is 4.48. The van der Waals surface area contributed by atoms with Gasteiger partial charge in [0.25, 0.3) is 5.91 Å². The van der Waals surface area contributed by atoms with Gasteiger partial charge in [0.1, 0.15) is 11.1 Å². The van der Waals surface area contributed by atoms with Crippen LogP contribution in [-0.2, 0) is 16.3 Å². The Morgan fingerprint density at radius 3 is 2.42 bits per heavy atom. The monoisotopic (exact) mass is 582 g/mol. The Balaban J connectivity index is 1.52. The highest BCUT2D eigenvalue weighted by Crippen LogP contribution is 2.25. The standard InChI is InChI=1S/C29H34N4O5S2/c1-18(2)28(40(36,37)22-12-10-21(38-3)11-13-22)31-17-25(34)24(15-19-7-5-4-6-8-19)32-27(35)20-9-14-23-26(16-20)39-29(30)33-23/h4-14,16,18,24-25,28,31,34H,15,17H2,1-3H3,(H2,30,33)(H,32,35)/t24-,25+,28?/m0/s1. The van der Waals surface area contributed by atoms with Crippen molar-refractivity contribution in [2.24, 2.45) is 5.92 Å². The van der Waals surface area contributed by atoms with Gasteiger partial charge in [-0.3, -0.25) is 10.1 Å². The number of aliphatic hydroxyl groups is 1. The minimum atomic E-state index is -3.77. The van der Waals surface area contributed by atoms with Crippen molar-refractivity contribution >= 4 is 42.4 Å². The molecule has 1 unspecified atom stereocenters. The van der Waals surface area contributed by atoms with E-state index in [1.54, 1.807) is 44.2 Å². The van der Waals surface area contributed by atoms with Gasteiger partial charge in [-0.05, 0) is 60.4 Å². The van der Waals surface area contributed by atoms with Crippen molar-refractivity contribution in [1.29, 1.82) is 0 Å². The van der Waals surface area contributed by atoms with Crippen LogP contribution in [0.2, 0.25) is 0 Å². The van der Waals surface area contributed by atoms with Gasteiger partial charge in [-0.15, -0.1) is 0 Å². The predicted octanol–water partition coefficient (Wildman–Crippen LogP) is 3.63. The van der Waals surface area contributed by atoms with Gasteiger partial charge < -0.3 is 20.9 Å². The number of aliphatic hydroxyl groups excluding tert-OH is 1. The van der Waals surface area contributed by atoms with E-state index in [0.717, 1.165) is 10.3 Å². The largest absolute Gasteiger partial charge is 0.497 e. The Labute approximate surface area is 238 Å². The summed E-state index contributed by atoms with van der Waals surface area (Å²) in [6.07, 6.45) is -0.734. The molecule has 0 spiro atoms. The van der Waals surface area contributed by atoms with Crippen LogP contribution >= 0.6 is 11.3 Å². The zero-order chi connectivity index (χ0) is 28.9. The molecule has 1 aromatic heterocycles. The van der Waals surface area contributed by atoms with Gasteiger partial charge in [-0.25, -0.2) is 13.4 Å². The number of carbonyl (C=O) groups excluding carboxylic acids is 1. The van der Waals surface area contributed by atoms with Gasteiger partial charge in [0.15, 0.2) is 15.0 Å². The van der Waals surface area contributed by atoms with E-state index in [9.17, 15) is 18.3 Å². The molecule has 1 heterocycles. The fraction of sp³-hybridized carbons (Fsp3) is 0.310. The summed E-state index contributed by atoms with van der Waals surface area (Å²) in [7, 11) is -2.26. The zero-order valence-corrected chi connectivity index (χ0v) is 24.2. The SMILES string of the molecule is COc1ccc(S(=O)(=O)C(NC[C@@H](O)[C@H](Cc2ccccc2)NC(=O)c2ccc3nc(N)sc3c2)C(C)C)cc1. The highest BCUT2D eigenvalue weighted by atomic mass is 32.2. The number of fused-ring (bicyclic) bond motifs is 1. The number of rotatable bonds is 12. The molecule has 0 saturated carbocycles. The molecule has 0 fully saturated rings. The molecule has 0 aliphatic rings. The van der Waals surface area contributed by atoms with E-state index in [1.807, 2.05) is 30.3 Å². The summed E-state index contributed by atoms with van der Waals surface area (Å²) in [6, 6.07) is 20.1. The van der Waals surface area contributed by atoms with Crippen LogP contribution < -0.4 is 21.1 Å². The normalized spacial score (nSPS) is 14.1. The number of hydrogen-bond acceptors (Lipinski definition) is 9. The van der Waals surface area contributed by atoms with Crippen molar-refractivity contribution in [1.82, 2.24) is 15.6 Å². The molecule has 1 amide bonds. The molecule has 0 aliphatic carbocycles. The highest BCUT2D eigenvalue weighted by molar-refractivity contribution is 7.92. The minimum absolute atomic E-state index is 0.0551.